The van der Waals surface area contributed by atoms with Crippen molar-refractivity contribution in [3.8, 4) is 11.1 Å². The van der Waals surface area contributed by atoms with Gasteiger partial charge < -0.3 is 16.0 Å². The summed E-state index contributed by atoms with van der Waals surface area (Å²) in [5, 5.41) is 2.92. The molecule has 1 aliphatic heterocycles. The first-order chi connectivity index (χ1) is 18.4. The number of rotatable bonds is 7. The fraction of sp³-hybridized carbons (Fsp3) is 0.188. The van der Waals surface area contributed by atoms with E-state index in [0.717, 1.165) is 53.9 Å². The molecule has 6 heteroatoms. The largest absolute Gasteiger partial charge is 0.367 e. The van der Waals surface area contributed by atoms with E-state index < -0.39 is 11.9 Å². The molecule has 0 spiro atoms. The summed E-state index contributed by atoms with van der Waals surface area (Å²) in [6.45, 7) is 3.45. The molecule has 192 valence electrons. The molecule has 0 aromatic heterocycles. The Hall–Kier alpha value is -4.45. The van der Waals surface area contributed by atoms with E-state index in [1.165, 1.54) is 6.07 Å². The zero-order valence-electron chi connectivity index (χ0n) is 21.3. The molecule has 1 aliphatic rings. The van der Waals surface area contributed by atoms with E-state index in [9.17, 15) is 14.0 Å². The first-order valence-electron chi connectivity index (χ1n) is 12.8. The van der Waals surface area contributed by atoms with Crippen LogP contribution >= 0.6 is 0 Å². The molecular formula is C32H30FN3O2. The van der Waals surface area contributed by atoms with Crippen LogP contribution < -0.4 is 16.0 Å². The Morgan fingerprint density at radius 1 is 0.974 bits per heavy atom. The van der Waals surface area contributed by atoms with Crippen molar-refractivity contribution in [3.05, 3.63) is 125 Å². The van der Waals surface area contributed by atoms with E-state index >= 15 is 0 Å². The summed E-state index contributed by atoms with van der Waals surface area (Å²) in [5.74, 6) is -0.983. The van der Waals surface area contributed by atoms with Gasteiger partial charge >= 0.3 is 0 Å². The van der Waals surface area contributed by atoms with Gasteiger partial charge in [-0.2, -0.15) is 0 Å². The van der Waals surface area contributed by atoms with Crippen LogP contribution in [0.25, 0.3) is 11.1 Å². The van der Waals surface area contributed by atoms with E-state index in [2.05, 4.69) is 22.3 Å². The maximum absolute atomic E-state index is 14.1. The molecule has 0 saturated heterocycles. The van der Waals surface area contributed by atoms with Crippen LogP contribution in [0.15, 0.2) is 91.0 Å². The highest BCUT2D eigenvalue weighted by Crippen LogP contribution is 2.31. The first kappa shape index (κ1) is 25.2. The van der Waals surface area contributed by atoms with Gasteiger partial charge in [-0.15, -0.1) is 0 Å². The fourth-order valence-corrected chi connectivity index (χ4v) is 5.12. The summed E-state index contributed by atoms with van der Waals surface area (Å²) in [5.41, 5.74) is 12.3. The molecule has 0 aliphatic carbocycles. The first-order valence-corrected chi connectivity index (χ1v) is 12.8. The number of hydrogen-bond acceptors (Lipinski definition) is 3. The predicted octanol–water partition coefficient (Wildman–Crippen LogP) is 6.04. The minimum Gasteiger partial charge on any atom is -0.367 e. The highest BCUT2D eigenvalue weighted by Gasteiger charge is 2.20. The third kappa shape index (κ3) is 5.30. The summed E-state index contributed by atoms with van der Waals surface area (Å²) < 4.78 is 14.1. The van der Waals surface area contributed by atoms with Crippen LogP contribution in [0.2, 0.25) is 0 Å². The molecule has 0 bridgehead atoms. The van der Waals surface area contributed by atoms with Gasteiger partial charge in [-0.1, -0.05) is 60.7 Å². The Morgan fingerprint density at radius 3 is 2.47 bits per heavy atom. The van der Waals surface area contributed by atoms with Gasteiger partial charge in [-0.25, -0.2) is 4.39 Å². The van der Waals surface area contributed by atoms with Gasteiger partial charge in [-0.05, 0) is 72.4 Å². The van der Waals surface area contributed by atoms with Crippen molar-refractivity contribution >= 4 is 17.5 Å². The zero-order chi connectivity index (χ0) is 26.6. The fourth-order valence-electron chi connectivity index (χ4n) is 5.12. The average molecular weight is 508 g/mol. The highest BCUT2D eigenvalue weighted by atomic mass is 19.1. The Bertz CT molecular complexity index is 1480. The summed E-state index contributed by atoms with van der Waals surface area (Å²) in [4.78, 5) is 27.1. The number of halogens is 1. The molecule has 3 N–H and O–H groups in total. The Kier molecular flexibility index (Phi) is 7.22. The quantitative estimate of drug-likeness (QED) is 0.320. The molecule has 2 amide bonds. The zero-order valence-corrected chi connectivity index (χ0v) is 21.3. The van der Waals surface area contributed by atoms with Gasteiger partial charge in [0.05, 0.1) is 6.04 Å². The molecule has 1 unspecified atom stereocenters. The SMILES string of the molecule is CC(NC(=O)c1ccc2c(c1)CCCN2Cc1ccc(-c2ccccc2C(N)=O)cc1)c1ccccc1F. The molecule has 1 heterocycles. The molecule has 5 nitrogen and oxygen atoms in total. The highest BCUT2D eigenvalue weighted by molar-refractivity contribution is 5.99. The number of nitrogens with one attached hydrogen (secondary N) is 1. The number of carbonyl (C=O) groups is 2. The second-order valence-corrected chi connectivity index (χ2v) is 9.69. The minimum atomic E-state index is -0.440. The van der Waals surface area contributed by atoms with Crippen LogP contribution in [-0.4, -0.2) is 18.4 Å². The van der Waals surface area contributed by atoms with Crippen molar-refractivity contribution in [2.45, 2.75) is 32.4 Å². The van der Waals surface area contributed by atoms with E-state index in [1.54, 1.807) is 31.2 Å². The van der Waals surface area contributed by atoms with Gasteiger partial charge in [0.25, 0.3) is 5.91 Å². The number of amides is 2. The van der Waals surface area contributed by atoms with Crippen LogP contribution in [0.4, 0.5) is 10.1 Å². The number of hydrogen-bond donors (Lipinski definition) is 2. The van der Waals surface area contributed by atoms with Gasteiger partial charge in [0.15, 0.2) is 0 Å². The molecule has 5 rings (SSSR count). The standard InChI is InChI=1S/C32H30FN3O2/c1-21(26-8-4-5-11-29(26)33)35-32(38)25-16-17-30-24(19-25)7-6-18-36(30)20-22-12-14-23(15-13-22)27-9-2-3-10-28(27)31(34)37/h2-5,8-17,19,21H,6-7,18,20H2,1H3,(H2,34,37)(H,35,38). The summed E-state index contributed by atoms with van der Waals surface area (Å²) in [7, 11) is 0. The van der Waals surface area contributed by atoms with Gasteiger partial charge in [-0.3, -0.25) is 9.59 Å². The minimum absolute atomic E-state index is 0.215. The molecule has 4 aromatic carbocycles. The Labute approximate surface area is 222 Å². The average Bonchev–Trinajstić information content (AvgIpc) is 2.93. The maximum atomic E-state index is 14.1. The number of aryl methyl sites for hydroxylation is 1. The van der Waals surface area contributed by atoms with Crippen LogP contribution in [0, 0.1) is 5.82 Å². The molecule has 0 radical (unpaired) electrons. The second kappa shape index (κ2) is 10.9. The lowest BCUT2D eigenvalue weighted by atomic mass is 9.96. The van der Waals surface area contributed by atoms with Gasteiger partial charge in [0.2, 0.25) is 5.91 Å². The van der Waals surface area contributed by atoms with E-state index in [0.29, 0.717) is 16.7 Å². The van der Waals surface area contributed by atoms with Crippen molar-refractivity contribution in [2.75, 3.05) is 11.4 Å². The molecule has 0 fully saturated rings. The lowest BCUT2D eigenvalue weighted by molar-refractivity contribution is 0.0938. The van der Waals surface area contributed by atoms with Crippen molar-refractivity contribution < 1.29 is 14.0 Å². The van der Waals surface area contributed by atoms with Crippen molar-refractivity contribution in [2.24, 2.45) is 5.73 Å². The van der Waals surface area contributed by atoms with Crippen LogP contribution in [0.3, 0.4) is 0 Å². The topological polar surface area (TPSA) is 75.4 Å². The molecule has 38 heavy (non-hydrogen) atoms. The van der Waals surface area contributed by atoms with Crippen LogP contribution in [0.5, 0.6) is 0 Å². The molecule has 4 aromatic rings. The normalized spacial score (nSPS) is 13.5. The monoisotopic (exact) mass is 507 g/mol. The summed E-state index contributed by atoms with van der Waals surface area (Å²) in [6, 6.07) is 27.4. The predicted molar refractivity (Wildman–Crippen MR) is 148 cm³/mol. The number of anilines is 1. The number of primary amides is 1. The second-order valence-electron chi connectivity index (χ2n) is 9.69. The van der Waals surface area contributed by atoms with Gasteiger partial charge in [0, 0.05) is 35.5 Å². The number of benzene rings is 4. The van der Waals surface area contributed by atoms with Crippen molar-refractivity contribution in [1.82, 2.24) is 5.32 Å². The van der Waals surface area contributed by atoms with Crippen molar-refractivity contribution in [3.63, 3.8) is 0 Å². The lowest BCUT2D eigenvalue weighted by Gasteiger charge is -2.32. The summed E-state index contributed by atoms with van der Waals surface area (Å²) in [6.07, 6.45) is 1.90. The Morgan fingerprint density at radius 2 is 1.71 bits per heavy atom. The Balaban J connectivity index is 1.30. The van der Waals surface area contributed by atoms with E-state index in [4.69, 9.17) is 5.73 Å². The number of fused-ring (bicyclic) bond motifs is 1. The van der Waals surface area contributed by atoms with Gasteiger partial charge in [0.1, 0.15) is 5.82 Å². The number of nitrogens with zero attached hydrogens (tertiary/aromatic N) is 1. The summed E-state index contributed by atoms with van der Waals surface area (Å²) >= 11 is 0. The molecule has 0 saturated carbocycles. The van der Waals surface area contributed by atoms with Crippen LogP contribution in [-0.2, 0) is 13.0 Å². The third-order valence-electron chi connectivity index (χ3n) is 7.11. The van der Waals surface area contributed by atoms with Crippen molar-refractivity contribution in [1.29, 1.82) is 0 Å². The number of nitrogens with two attached hydrogens (primary N) is 1. The van der Waals surface area contributed by atoms with E-state index in [1.807, 2.05) is 48.5 Å². The third-order valence-corrected chi connectivity index (χ3v) is 7.11. The molecular weight excluding hydrogens is 477 g/mol. The molecule has 1 atom stereocenters. The number of carbonyl (C=O) groups excluding carboxylic acids is 2. The lowest BCUT2D eigenvalue weighted by Crippen LogP contribution is -2.30. The smallest absolute Gasteiger partial charge is 0.251 e. The van der Waals surface area contributed by atoms with Crippen LogP contribution in [0.1, 0.15) is 56.8 Å². The maximum Gasteiger partial charge on any atom is 0.251 e. The van der Waals surface area contributed by atoms with E-state index in [-0.39, 0.29) is 11.7 Å².